The first-order chi connectivity index (χ1) is 8.59. The SMILES string of the molecule is CN(c1ccccc1)c1ccc(Cl)cc1C(N)=S. The van der Waals surface area contributed by atoms with E-state index in [-0.39, 0.29) is 0 Å². The lowest BCUT2D eigenvalue weighted by Crippen LogP contribution is -2.17. The quantitative estimate of drug-likeness (QED) is 0.866. The van der Waals surface area contributed by atoms with Crippen molar-refractivity contribution in [2.45, 2.75) is 0 Å². The number of hydrogen-bond acceptors (Lipinski definition) is 2. The van der Waals surface area contributed by atoms with Gasteiger partial charge in [0.05, 0.1) is 5.69 Å². The van der Waals surface area contributed by atoms with Crippen molar-refractivity contribution in [1.82, 2.24) is 0 Å². The highest BCUT2D eigenvalue weighted by atomic mass is 35.5. The molecule has 0 heterocycles. The minimum absolute atomic E-state index is 0.343. The number of benzene rings is 2. The first-order valence-corrected chi connectivity index (χ1v) is 6.26. The van der Waals surface area contributed by atoms with Crippen LogP contribution in [0.5, 0.6) is 0 Å². The standard InChI is InChI=1S/C14H13ClN2S/c1-17(11-5-3-2-4-6-11)13-8-7-10(15)9-12(13)14(16)18/h2-9H,1H3,(H2,16,18). The Hall–Kier alpha value is -1.58. The maximum Gasteiger partial charge on any atom is 0.106 e. The molecule has 0 saturated heterocycles. The summed E-state index contributed by atoms with van der Waals surface area (Å²) in [6.45, 7) is 0. The number of thiocarbonyl (C=S) groups is 1. The predicted octanol–water partition coefficient (Wildman–Crippen LogP) is 3.74. The van der Waals surface area contributed by atoms with Crippen LogP contribution in [0.25, 0.3) is 0 Å². The molecule has 0 saturated carbocycles. The minimum atomic E-state index is 0.343. The van der Waals surface area contributed by atoms with Crippen LogP contribution in [0.2, 0.25) is 5.02 Å². The number of rotatable bonds is 3. The molecule has 0 unspecified atom stereocenters. The monoisotopic (exact) mass is 276 g/mol. The topological polar surface area (TPSA) is 29.3 Å². The van der Waals surface area contributed by atoms with Gasteiger partial charge in [-0.2, -0.15) is 0 Å². The fourth-order valence-electron chi connectivity index (χ4n) is 1.79. The van der Waals surface area contributed by atoms with Crippen LogP contribution in [0.3, 0.4) is 0 Å². The molecule has 4 heteroatoms. The maximum atomic E-state index is 5.98. The lowest BCUT2D eigenvalue weighted by molar-refractivity contribution is 1.20. The zero-order valence-corrected chi connectivity index (χ0v) is 11.5. The van der Waals surface area contributed by atoms with Crippen molar-refractivity contribution in [1.29, 1.82) is 0 Å². The molecule has 92 valence electrons. The van der Waals surface area contributed by atoms with Gasteiger partial charge in [-0.05, 0) is 30.3 Å². The maximum absolute atomic E-state index is 5.98. The molecular weight excluding hydrogens is 264 g/mol. The van der Waals surface area contributed by atoms with Crippen molar-refractivity contribution >= 4 is 40.2 Å². The molecule has 2 aromatic rings. The zero-order valence-electron chi connectivity index (χ0n) is 9.93. The summed E-state index contributed by atoms with van der Waals surface area (Å²) in [5, 5.41) is 0.628. The molecule has 0 bridgehead atoms. The van der Waals surface area contributed by atoms with Crippen LogP contribution >= 0.6 is 23.8 Å². The Kier molecular flexibility index (Phi) is 3.84. The van der Waals surface area contributed by atoms with E-state index in [4.69, 9.17) is 29.6 Å². The summed E-state index contributed by atoms with van der Waals surface area (Å²) in [6, 6.07) is 15.6. The van der Waals surface area contributed by atoms with Crippen LogP contribution in [0.1, 0.15) is 5.56 Å². The number of halogens is 1. The Balaban J connectivity index is 2.48. The van der Waals surface area contributed by atoms with E-state index in [9.17, 15) is 0 Å². The second kappa shape index (κ2) is 5.38. The van der Waals surface area contributed by atoms with E-state index in [1.54, 1.807) is 6.07 Å². The van der Waals surface area contributed by atoms with Crippen LogP contribution in [0.15, 0.2) is 48.5 Å². The van der Waals surface area contributed by atoms with Crippen molar-refractivity contribution in [3.05, 3.63) is 59.1 Å². The molecule has 0 fully saturated rings. The minimum Gasteiger partial charge on any atom is -0.389 e. The van der Waals surface area contributed by atoms with E-state index >= 15 is 0 Å². The summed E-state index contributed by atoms with van der Waals surface area (Å²) >= 11 is 11.0. The Morgan fingerprint density at radius 1 is 1.17 bits per heavy atom. The van der Waals surface area contributed by atoms with Crippen LogP contribution in [-0.2, 0) is 0 Å². The Morgan fingerprint density at radius 3 is 2.44 bits per heavy atom. The van der Waals surface area contributed by atoms with E-state index in [1.165, 1.54) is 0 Å². The number of hydrogen-bond donors (Lipinski definition) is 1. The van der Waals surface area contributed by atoms with E-state index in [2.05, 4.69) is 0 Å². The second-order valence-corrected chi connectivity index (χ2v) is 4.80. The first-order valence-electron chi connectivity index (χ1n) is 5.47. The van der Waals surface area contributed by atoms with E-state index in [1.807, 2.05) is 54.4 Å². The highest BCUT2D eigenvalue weighted by Crippen LogP contribution is 2.28. The van der Waals surface area contributed by atoms with Crippen molar-refractivity contribution in [3.63, 3.8) is 0 Å². The molecule has 0 aliphatic carbocycles. The Morgan fingerprint density at radius 2 is 1.83 bits per heavy atom. The van der Waals surface area contributed by atoms with Gasteiger partial charge >= 0.3 is 0 Å². The average Bonchev–Trinajstić information content (AvgIpc) is 2.39. The fourth-order valence-corrected chi connectivity index (χ4v) is 2.12. The Labute approximate surface area is 117 Å². The summed E-state index contributed by atoms with van der Waals surface area (Å²) in [5.41, 5.74) is 8.54. The van der Waals surface area contributed by atoms with Crippen LogP contribution in [0, 0.1) is 0 Å². The zero-order chi connectivity index (χ0) is 13.1. The number of nitrogens with two attached hydrogens (primary N) is 1. The fraction of sp³-hybridized carbons (Fsp3) is 0.0714. The van der Waals surface area contributed by atoms with Crippen LogP contribution < -0.4 is 10.6 Å². The molecule has 18 heavy (non-hydrogen) atoms. The van der Waals surface area contributed by atoms with Crippen LogP contribution in [0.4, 0.5) is 11.4 Å². The van der Waals surface area contributed by atoms with Crippen LogP contribution in [-0.4, -0.2) is 12.0 Å². The van der Waals surface area contributed by atoms with Crippen molar-refractivity contribution < 1.29 is 0 Å². The molecular formula is C14H13ClN2S. The molecule has 0 radical (unpaired) electrons. The van der Waals surface area contributed by atoms with E-state index in [0.29, 0.717) is 10.0 Å². The van der Waals surface area contributed by atoms with Gasteiger partial charge in [-0.25, -0.2) is 0 Å². The summed E-state index contributed by atoms with van der Waals surface area (Å²) in [5.74, 6) is 0. The number of para-hydroxylation sites is 1. The molecule has 0 aliphatic rings. The van der Waals surface area contributed by atoms with Gasteiger partial charge in [0.25, 0.3) is 0 Å². The molecule has 0 amide bonds. The van der Waals surface area contributed by atoms with Gasteiger partial charge in [0.2, 0.25) is 0 Å². The molecule has 0 aliphatic heterocycles. The smallest absolute Gasteiger partial charge is 0.106 e. The normalized spacial score (nSPS) is 10.1. The molecule has 0 aromatic heterocycles. The first kappa shape index (κ1) is 12.9. The lowest BCUT2D eigenvalue weighted by Gasteiger charge is -2.22. The second-order valence-electron chi connectivity index (χ2n) is 3.92. The third kappa shape index (κ3) is 2.63. The molecule has 2 rings (SSSR count). The van der Waals surface area contributed by atoms with Crippen molar-refractivity contribution in [2.75, 3.05) is 11.9 Å². The predicted molar refractivity (Wildman–Crippen MR) is 81.8 cm³/mol. The molecule has 2 N–H and O–H groups in total. The molecule has 2 aromatic carbocycles. The van der Waals surface area contributed by atoms with Crippen molar-refractivity contribution in [3.8, 4) is 0 Å². The highest BCUT2D eigenvalue weighted by Gasteiger charge is 2.11. The van der Waals surface area contributed by atoms with Gasteiger partial charge in [0, 0.05) is 23.3 Å². The highest BCUT2D eigenvalue weighted by molar-refractivity contribution is 7.80. The summed E-state index contributed by atoms with van der Waals surface area (Å²) in [7, 11) is 1.97. The molecule has 2 nitrogen and oxygen atoms in total. The van der Waals surface area contributed by atoms with E-state index < -0.39 is 0 Å². The third-order valence-corrected chi connectivity index (χ3v) is 3.18. The average molecular weight is 277 g/mol. The van der Waals surface area contributed by atoms with Gasteiger partial charge < -0.3 is 10.6 Å². The number of nitrogens with zero attached hydrogens (tertiary/aromatic N) is 1. The molecule has 0 atom stereocenters. The van der Waals surface area contributed by atoms with Gasteiger partial charge in [-0.1, -0.05) is 42.0 Å². The van der Waals surface area contributed by atoms with Gasteiger partial charge in [0.15, 0.2) is 0 Å². The van der Waals surface area contributed by atoms with Gasteiger partial charge in [-0.3, -0.25) is 0 Å². The van der Waals surface area contributed by atoms with Crippen molar-refractivity contribution in [2.24, 2.45) is 5.73 Å². The Bertz CT molecular complexity index is 569. The van der Waals surface area contributed by atoms with Gasteiger partial charge in [-0.15, -0.1) is 0 Å². The molecule has 0 spiro atoms. The lowest BCUT2D eigenvalue weighted by atomic mass is 10.1. The van der Waals surface area contributed by atoms with Gasteiger partial charge in [0.1, 0.15) is 4.99 Å². The third-order valence-electron chi connectivity index (χ3n) is 2.73. The summed E-state index contributed by atoms with van der Waals surface area (Å²) in [6.07, 6.45) is 0. The van der Waals surface area contributed by atoms with E-state index in [0.717, 1.165) is 16.9 Å². The largest absolute Gasteiger partial charge is 0.389 e. The number of anilines is 2. The summed E-state index contributed by atoms with van der Waals surface area (Å²) < 4.78 is 0. The summed E-state index contributed by atoms with van der Waals surface area (Å²) in [4.78, 5) is 2.38.